The molecule has 5 nitrogen and oxygen atoms in total. The van der Waals surface area contributed by atoms with E-state index in [0.717, 1.165) is 10.9 Å². The van der Waals surface area contributed by atoms with E-state index in [-0.39, 0.29) is 37.6 Å². The average Bonchev–Trinajstić information content (AvgIpc) is 3.15. The lowest BCUT2D eigenvalue weighted by Crippen LogP contribution is -2.50. The number of rotatable bonds is 2. The summed E-state index contributed by atoms with van der Waals surface area (Å²) < 4.78 is 39.8. The molecule has 0 radical (unpaired) electrons. The second kappa shape index (κ2) is 7.03. The number of para-hydroxylation sites is 1. The third-order valence-electron chi connectivity index (χ3n) is 4.85. The molecule has 28 heavy (non-hydrogen) atoms. The molecule has 0 aliphatic carbocycles. The van der Waals surface area contributed by atoms with Gasteiger partial charge < -0.3 is 14.8 Å². The summed E-state index contributed by atoms with van der Waals surface area (Å²) in [5, 5.41) is 0.931. The molecule has 1 saturated heterocycles. The van der Waals surface area contributed by atoms with E-state index in [1.807, 2.05) is 24.3 Å². The molecule has 2 amide bonds. The molecule has 1 aliphatic heterocycles. The molecule has 0 unspecified atom stereocenters. The van der Waals surface area contributed by atoms with Gasteiger partial charge in [-0.05, 0) is 24.3 Å². The highest BCUT2D eigenvalue weighted by Crippen LogP contribution is 2.19. The van der Waals surface area contributed by atoms with E-state index in [1.54, 1.807) is 11.0 Å². The number of H-pyrrole nitrogens is 1. The summed E-state index contributed by atoms with van der Waals surface area (Å²) in [6.45, 7) is 0.995. The van der Waals surface area contributed by atoms with Crippen molar-refractivity contribution in [2.45, 2.75) is 0 Å². The maximum atomic E-state index is 13.4. The van der Waals surface area contributed by atoms with Gasteiger partial charge in [-0.1, -0.05) is 18.2 Å². The number of aromatic nitrogens is 1. The summed E-state index contributed by atoms with van der Waals surface area (Å²) in [5.74, 6) is -5.20. The van der Waals surface area contributed by atoms with Crippen LogP contribution in [-0.4, -0.2) is 52.8 Å². The van der Waals surface area contributed by atoms with Crippen LogP contribution in [0.15, 0.2) is 42.5 Å². The first-order chi connectivity index (χ1) is 13.4. The number of benzene rings is 2. The van der Waals surface area contributed by atoms with Crippen LogP contribution in [-0.2, 0) is 0 Å². The van der Waals surface area contributed by atoms with Crippen LogP contribution in [0.1, 0.15) is 20.8 Å². The number of hydrogen-bond acceptors (Lipinski definition) is 2. The van der Waals surface area contributed by atoms with Crippen LogP contribution in [0.5, 0.6) is 0 Å². The Morgan fingerprint density at radius 3 is 2.00 bits per heavy atom. The van der Waals surface area contributed by atoms with Gasteiger partial charge in [0.15, 0.2) is 17.5 Å². The van der Waals surface area contributed by atoms with Crippen LogP contribution in [0.25, 0.3) is 10.9 Å². The van der Waals surface area contributed by atoms with Gasteiger partial charge in [-0.25, -0.2) is 13.2 Å². The quantitative estimate of drug-likeness (QED) is 0.687. The fraction of sp³-hybridized carbons (Fsp3) is 0.200. The summed E-state index contributed by atoms with van der Waals surface area (Å²) in [4.78, 5) is 31.2. The van der Waals surface area contributed by atoms with Crippen LogP contribution in [0.3, 0.4) is 0 Å². The second-order valence-corrected chi connectivity index (χ2v) is 6.61. The van der Waals surface area contributed by atoms with E-state index >= 15 is 0 Å². The van der Waals surface area contributed by atoms with Gasteiger partial charge in [-0.3, -0.25) is 9.59 Å². The number of carbonyl (C=O) groups is 2. The molecule has 1 aliphatic rings. The van der Waals surface area contributed by atoms with Crippen molar-refractivity contribution in [3.8, 4) is 0 Å². The van der Waals surface area contributed by atoms with Crippen molar-refractivity contribution in [3.05, 3.63) is 71.2 Å². The van der Waals surface area contributed by atoms with Crippen molar-refractivity contribution >= 4 is 22.7 Å². The van der Waals surface area contributed by atoms with E-state index in [1.165, 1.54) is 4.90 Å². The monoisotopic (exact) mass is 387 g/mol. The van der Waals surface area contributed by atoms with Gasteiger partial charge in [0.25, 0.3) is 11.8 Å². The predicted octanol–water partition coefficient (Wildman–Crippen LogP) is 3.18. The topological polar surface area (TPSA) is 56.4 Å². The first kappa shape index (κ1) is 18.1. The van der Waals surface area contributed by atoms with E-state index in [9.17, 15) is 22.8 Å². The zero-order valence-electron chi connectivity index (χ0n) is 14.7. The summed E-state index contributed by atoms with van der Waals surface area (Å²) in [7, 11) is 0. The van der Waals surface area contributed by atoms with Crippen LogP contribution >= 0.6 is 0 Å². The third kappa shape index (κ3) is 3.21. The molecule has 1 N–H and O–H groups in total. The van der Waals surface area contributed by atoms with Gasteiger partial charge >= 0.3 is 0 Å². The van der Waals surface area contributed by atoms with Gasteiger partial charge in [-0.15, -0.1) is 0 Å². The molecule has 0 saturated carbocycles. The van der Waals surface area contributed by atoms with E-state index in [4.69, 9.17) is 0 Å². The number of aromatic amines is 1. The van der Waals surface area contributed by atoms with Crippen molar-refractivity contribution in [2.24, 2.45) is 0 Å². The molecule has 8 heteroatoms. The van der Waals surface area contributed by atoms with Gasteiger partial charge in [-0.2, -0.15) is 0 Å². The smallest absolute Gasteiger partial charge is 0.270 e. The van der Waals surface area contributed by atoms with Gasteiger partial charge in [0.1, 0.15) is 5.69 Å². The summed E-state index contributed by atoms with van der Waals surface area (Å²) in [5.41, 5.74) is 1.07. The minimum Gasteiger partial charge on any atom is -0.351 e. The lowest BCUT2D eigenvalue weighted by Gasteiger charge is -2.34. The molecule has 1 aromatic heterocycles. The summed E-state index contributed by atoms with van der Waals surface area (Å²) in [6.07, 6.45) is 0. The molecular weight excluding hydrogens is 371 g/mol. The summed E-state index contributed by atoms with van der Waals surface area (Å²) >= 11 is 0. The van der Waals surface area contributed by atoms with Crippen LogP contribution in [0.4, 0.5) is 13.2 Å². The molecule has 4 rings (SSSR count). The number of nitrogens with zero attached hydrogens (tertiary/aromatic N) is 2. The number of amides is 2. The molecule has 0 spiro atoms. The standard InChI is InChI=1S/C20H16F3N3O2/c21-14-9-13(10-15(22)18(14)23)19(27)25-5-7-26(8-6-25)20(28)17-11-12-3-1-2-4-16(12)24-17/h1-4,9-11,24H,5-8H2. The Bertz CT molecular complexity index is 1020. The minimum absolute atomic E-state index is 0.179. The molecule has 0 atom stereocenters. The van der Waals surface area contributed by atoms with Gasteiger partial charge in [0.05, 0.1) is 0 Å². The van der Waals surface area contributed by atoms with E-state index in [0.29, 0.717) is 17.8 Å². The maximum Gasteiger partial charge on any atom is 0.270 e. The normalized spacial score (nSPS) is 14.5. The zero-order chi connectivity index (χ0) is 19.8. The van der Waals surface area contributed by atoms with Crippen molar-refractivity contribution in [2.75, 3.05) is 26.2 Å². The van der Waals surface area contributed by atoms with Crippen LogP contribution in [0.2, 0.25) is 0 Å². The Balaban J connectivity index is 1.44. The summed E-state index contributed by atoms with van der Waals surface area (Å²) in [6, 6.07) is 10.7. The van der Waals surface area contributed by atoms with Crippen LogP contribution in [0, 0.1) is 17.5 Å². The maximum absolute atomic E-state index is 13.4. The lowest BCUT2D eigenvalue weighted by molar-refractivity contribution is 0.0532. The number of fused-ring (bicyclic) bond motifs is 1. The Hall–Kier alpha value is -3.29. The SMILES string of the molecule is O=C(c1cc(F)c(F)c(F)c1)N1CCN(C(=O)c2cc3ccccc3[nH]2)CC1. The number of halogens is 3. The Morgan fingerprint density at radius 2 is 1.39 bits per heavy atom. The number of piperazine rings is 1. The highest BCUT2D eigenvalue weighted by atomic mass is 19.2. The van der Waals surface area contributed by atoms with Crippen molar-refractivity contribution in [1.29, 1.82) is 0 Å². The fourth-order valence-corrected chi connectivity index (χ4v) is 3.33. The molecule has 0 bridgehead atoms. The number of hydrogen-bond donors (Lipinski definition) is 1. The van der Waals surface area contributed by atoms with E-state index < -0.39 is 23.4 Å². The Morgan fingerprint density at radius 1 is 0.821 bits per heavy atom. The Kier molecular flexibility index (Phi) is 4.54. The highest BCUT2D eigenvalue weighted by Gasteiger charge is 2.27. The highest BCUT2D eigenvalue weighted by molar-refractivity contribution is 5.98. The third-order valence-corrected chi connectivity index (χ3v) is 4.85. The van der Waals surface area contributed by atoms with E-state index in [2.05, 4.69) is 4.98 Å². The molecule has 3 aromatic rings. The average molecular weight is 387 g/mol. The Labute approximate surface area is 158 Å². The minimum atomic E-state index is -1.61. The first-order valence-electron chi connectivity index (χ1n) is 8.75. The van der Waals surface area contributed by atoms with Gasteiger partial charge in [0.2, 0.25) is 0 Å². The van der Waals surface area contributed by atoms with Crippen molar-refractivity contribution in [1.82, 2.24) is 14.8 Å². The zero-order valence-corrected chi connectivity index (χ0v) is 14.7. The molecule has 144 valence electrons. The number of nitrogens with one attached hydrogen (secondary N) is 1. The molecular formula is C20H16F3N3O2. The molecule has 2 aromatic carbocycles. The predicted molar refractivity (Wildman–Crippen MR) is 96.4 cm³/mol. The first-order valence-corrected chi connectivity index (χ1v) is 8.75. The fourth-order valence-electron chi connectivity index (χ4n) is 3.33. The largest absolute Gasteiger partial charge is 0.351 e. The lowest BCUT2D eigenvalue weighted by atomic mass is 10.1. The number of carbonyl (C=O) groups excluding carboxylic acids is 2. The van der Waals surface area contributed by atoms with Gasteiger partial charge in [0, 0.05) is 42.6 Å². The molecule has 2 heterocycles. The van der Waals surface area contributed by atoms with Crippen molar-refractivity contribution < 1.29 is 22.8 Å². The van der Waals surface area contributed by atoms with Crippen molar-refractivity contribution in [3.63, 3.8) is 0 Å². The molecule has 1 fully saturated rings. The second-order valence-electron chi connectivity index (χ2n) is 6.61. The van der Waals surface area contributed by atoms with Crippen LogP contribution < -0.4 is 0 Å².